The topological polar surface area (TPSA) is 49.5 Å². The molecule has 0 aliphatic heterocycles. The van der Waals surface area contributed by atoms with Gasteiger partial charge in [-0.05, 0) is 12.8 Å². The Hall–Kier alpha value is -1.65. The highest BCUT2D eigenvalue weighted by molar-refractivity contribution is 5.58. The molecule has 1 N–H and O–H groups in total. The molecule has 1 aromatic heterocycles. The van der Waals surface area contributed by atoms with Gasteiger partial charge in [-0.1, -0.05) is 41.9 Å². The maximum absolute atomic E-state index is 9.18. The first-order valence-electron chi connectivity index (χ1n) is 7.23. The Morgan fingerprint density at radius 3 is 2.70 bits per heavy atom. The van der Waals surface area contributed by atoms with Gasteiger partial charge in [0.25, 0.3) is 0 Å². The van der Waals surface area contributed by atoms with E-state index in [1.54, 1.807) is 0 Å². The molecule has 1 saturated carbocycles. The Bertz CT molecular complexity index is 534. The quantitative estimate of drug-likeness (QED) is 0.878. The second kappa shape index (κ2) is 6.20. The van der Waals surface area contributed by atoms with Gasteiger partial charge in [0, 0.05) is 24.2 Å². The molecule has 0 saturated heterocycles. The Morgan fingerprint density at radius 2 is 2.05 bits per heavy atom. The third-order valence-electron chi connectivity index (χ3n) is 3.97. The van der Waals surface area contributed by atoms with Crippen LogP contribution in [0.15, 0.2) is 40.9 Å². The molecule has 106 valence electrons. The van der Waals surface area contributed by atoms with Crippen molar-refractivity contribution in [3.63, 3.8) is 0 Å². The van der Waals surface area contributed by atoms with Crippen molar-refractivity contribution in [1.82, 2.24) is 10.1 Å². The third kappa shape index (κ3) is 2.92. The van der Waals surface area contributed by atoms with E-state index in [2.05, 4.69) is 10.1 Å². The molecule has 0 atom stereocenters. The average Bonchev–Trinajstić information content (AvgIpc) is 2.87. The van der Waals surface area contributed by atoms with Crippen LogP contribution < -0.4 is 0 Å². The standard InChI is InChI=1S/C16H20N2O2/c19-10-9-18(14-7-4-8-14)12-15-11-16(17-20-15)13-5-2-1-3-6-13/h1-3,5-6,11,14,19H,4,7-10,12H2. The van der Waals surface area contributed by atoms with E-state index in [0.717, 1.165) is 23.6 Å². The first-order chi connectivity index (χ1) is 9.86. The first kappa shape index (κ1) is 13.3. The fraction of sp³-hybridized carbons (Fsp3) is 0.438. The highest BCUT2D eigenvalue weighted by Gasteiger charge is 2.25. The van der Waals surface area contributed by atoms with E-state index in [1.807, 2.05) is 36.4 Å². The second-order valence-electron chi connectivity index (χ2n) is 5.32. The Labute approximate surface area is 119 Å². The van der Waals surface area contributed by atoms with E-state index in [9.17, 15) is 5.11 Å². The zero-order chi connectivity index (χ0) is 13.8. The summed E-state index contributed by atoms with van der Waals surface area (Å²) < 4.78 is 5.44. The van der Waals surface area contributed by atoms with Crippen LogP contribution in [0.1, 0.15) is 25.0 Å². The summed E-state index contributed by atoms with van der Waals surface area (Å²) in [4.78, 5) is 2.29. The second-order valence-corrected chi connectivity index (χ2v) is 5.32. The lowest BCUT2D eigenvalue weighted by Gasteiger charge is -2.36. The largest absolute Gasteiger partial charge is 0.395 e. The minimum Gasteiger partial charge on any atom is -0.395 e. The van der Waals surface area contributed by atoms with Gasteiger partial charge in [0.05, 0.1) is 13.2 Å². The van der Waals surface area contributed by atoms with Gasteiger partial charge in [-0.2, -0.15) is 0 Å². The number of hydrogen-bond acceptors (Lipinski definition) is 4. The van der Waals surface area contributed by atoms with Crippen LogP contribution in [-0.2, 0) is 6.54 Å². The Kier molecular flexibility index (Phi) is 4.14. The van der Waals surface area contributed by atoms with Gasteiger partial charge in [0.1, 0.15) is 5.69 Å². The average molecular weight is 272 g/mol. The summed E-state index contributed by atoms with van der Waals surface area (Å²) >= 11 is 0. The molecule has 1 fully saturated rings. The van der Waals surface area contributed by atoms with Crippen LogP contribution in [-0.4, -0.2) is 34.4 Å². The zero-order valence-electron chi connectivity index (χ0n) is 11.5. The molecule has 1 heterocycles. The van der Waals surface area contributed by atoms with Gasteiger partial charge in [0.15, 0.2) is 5.76 Å². The normalized spacial score (nSPS) is 15.5. The number of aliphatic hydroxyl groups excluding tert-OH is 1. The van der Waals surface area contributed by atoms with Crippen LogP contribution in [0.25, 0.3) is 11.3 Å². The molecule has 1 aromatic carbocycles. The molecule has 0 bridgehead atoms. The van der Waals surface area contributed by atoms with Gasteiger partial charge in [-0.15, -0.1) is 0 Å². The molecule has 0 unspecified atom stereocenters. The van der Waals surface area contributed by atoms with E-state index >= 15 is 0 Å². The van der Waals surface area contributed by atoms with Crippen LogP contribution in [0, 0.1) is 0 Å². The van der Waals surface area contributed by atoms with E-state index < -0.39 is 0 Å². The number of nitrogens with zero attached hydrogens (tertiary/aromatic N) is 2. The molecule has 4 heteroatoms. The van der Waals surface area contributed by atoms with Gasteiger partial charge in [-0.25, -0.2) is 0 Å². The van der Waals surface area contributed by atoms with E-state index in [1.165, 1.54) is 19.3 Å². The van der Waals surface area contributed by atoms with Gasteiger partial charge in [-0.3, -0.25) is 4.90 Å². The van der Waals surface area contributed by atoms with Crippen molar-refractivity contribution in [1.29, 1.82) is 0 Å². The maximum Gasteiger partial charge on any atom is 0.151 e. The van der Waals surface area contributed by atoms with Crippen LogP contribution in [0.3, 0.4) is 0 Å². The van der Waals surface area contributed by atoms with Crippen molar-refractivity contribution < 1.29 is 9.63 Å². The minimum absolute atomic E-state index is 0.191. The van der Waals surface area contributed by atoms with E-state index in [0.29, 0.717) is 12.6 Å². The lowest BCUT2D eigenvalue weighted by molar-refractivity contribution is 0.0855. The number of aliphatic hydroxyl groups is 1. The van der Waals surface area contributed by atoms with Crippen LogP contribution in [0.2, 0.25) is 0 Å². The molecular formula is C16H20N2O2. The van der Waals surface area contributed by atoms with Crippen molar-refractivity contribution in [2.75, 3.05) is 13.2 Å². The van der Waals surface area contributed by atoms with Crippen LogP contribution in [0.5, 0.6) is 0 Å². The highest BCUT2D eigenvalue weighted by atomic mass is 16.5. The molecule has 3 rings (SSSR count). The lowest BCUT2D eigenvalue weighted by atomic mass is 9.91. The van der Waals surface area contributed by atoms with Crippen molar-refractivity contribution >= 4 is 0 Å². The van der Waals surface area contributed by atoms with E-state index in [4.69, 9.17) is 4.52 Å². The summed E-state index contributed by atoms with van der Waals surface area (Å²) in [6.45, 7) is 1.62. The number of aromatic nitrogens is 1. The molecule has 0 spiro atoms. The van der Waals surface area contributed by atoms with Crippen molar-refractivity contribution in [2.45, 2.75) is 31.8 Å². The molecule has 20 heavy (non-hydrogen) atoms. The Balaban J connectivity index is 1.69. The maximum atomic E-state index is 9.18. The predicted octanol–water partition coefficient (Wildman–Crippen LogP) is 2.69. The molecular weight excluding hydrogens is 252 g/mol. The number of benzene rings is 1. The monoisotopic (exact) mass is 272 g/mol. The molecule has 0 amide bonds. The van der Waals surface area contributed by atoms with Crippen LogP contribution >= 0.6 is 0 Å². The van der Waals surface area contributed by atoms with E-state index in [-0.39, 0.29) is 6.61 Å². The van der Waals surface area contributed by atoms with Crippen LogP contribution in [0.4, 0.5) is 0 Å². The first-order valence-corrected chi connectivity index (χ1v) is 7.23. The smallest absolute Gasteiger partial charge is 0.151 e. The lowest BCUT2D eigenvalue weighted by Crippen LogP contribution is -2.41. The molecule has 0 radical (unpaired) electrons. The summed E-state index contributed by atoms with van der Waals surface area (Å²) in [6, 6.07) is 12.6. The fourth-order valence-electron chi connectivity index (χ4n) is 2.60. The summed E-state index contributed by atoms with van der Waals surface area (Å²) in [5, 5.41) is 13.3. The van der Waals surface area contributed by atoms with Gasteiger partial charge >= 0.3 is 0 Å². The number of hydrogen-bond donors (Lipinski definition) is 1. The number of rotatable bonds is 6. The third-order valence-corrected chi connectivity index (χ3v) is 3.97. The molecule has 1 aliphatic carbocycles. The minimum atomic E-state index is 0.191. The molecule has 1 aliphatic rings. The van der Waals surface area contributed by atoms with Crippen molar-refractivity contribution in [3.05, 3.63) is 42.2 Å². The van der Waals surface area contributed by atoms with Crippen molar-refractivity contribution in [2.24, 2.45) is 0 Å². The van der Waals surface area contributed by atoms with Gasteiger partial charge in [0.2, 0.25) is 0 Å². The summed E-state index contributed by atoms with van der Waals surface area (Å²) in [5.74, 6) is 0.865. The molecule has 2 aromatic rings. The Morgan fingerprint density at radius 1 is 1.25 bits per heavy atom. The van der Waals surface area contributed by atoms with Gasteiger partial charge < -0.3 is 9.63 Å². The summed E-state index contributed by atoms with van der Waals surface area (Å²) in [5.41, 5.74) is 1.94. The summed E-state index contributed by atoms with van der Waals surface area (Å²) in [7, 11) is 0. The highest BCUT2D eigenvalue weighted by Crippen LogP contribution is 2.27. The fourth-order valence-corrected chi connectivity index (χ4v) is 2.60. The summed E-state index contributed by atoms with van der Waals surface area (Å²) in [6.07, 6.45) is 3.73. The zero-order valence-corrected chi connectivity index (χ0v) is 11.5. The predicted molar refractivity (Wildman–Crippen MR) is 77.1 cm³/mol. The SMILES string of the molecule is OCCN(Cc1cc(-c2ccccc2)no1)C1CCC1. The molecule has 4 nitrogen and oxygen atoms in total. The van der Waals surface area contributed by atoms with Crippen molar-refractivity contribution in [3.8, 4) is 11.3 Å².